The molecule has 1 fully saturated rings. The minimum atomic E-state index is -0.518. The fourth-order valence-electron chi connectivity index (χ4n) is 4.69. The summed E-state index contributed by atoms with van der Waals surface area (Å²) in [6, 6.07) is 8.24. The van der Waals surface area contributed by atoms with Crippen LogP contribution in [0.1, 0.15) is 62.0 Å². The molecule has 0 saturated carbocycles. The van der Waals surface area contributed by atoms with Crippen LogP contribution in [-0.2, 0) is 29.0 Å². The van der Waals surface area contributed by atoms with Gasteiger partial charge in [0, 0.05) is 43.7 Å². The van der Waals surface area contributed by atoms with Crippen LogP contribution in [0.4, 0.5) is 10.5 Å². The maximum absolute atomic E-state index is 12.9. The molecule has 2 aromatic rings. The van der Waals surface area contributed by atoms with Crippen LogP contribution in [0.5, 0.6) is 0 Å². The molecule has 0 unspecified atom stereocenters. The van der Waals surface area contributed by atoms with Crippen molar-refractivity contribution < 1.29 is 14.3 Å². The molecule has 1 saturated heterocycles. The van der Waals surface area contributed by atoms with E-state index in [1.54, 1.807) is 7.11 Å². The van der Waals surface area contributed by atoms with Crippen molar-refractivity contribution in [1.82, 2.24) is 9.88 Å². The Morgan fingerprint density at radius 1 is 1.25 bits per heavy atom. The minimum absolute atomic E-state index is 0.0151. The molecule has 0 bridgehead atoms. The molecule has 0 spiro atoms. The summed E-state index contributed by atoms with van der Waals surface area (Å²) in [7, 11) is 1.68. The van der Waals surface area contributed by atoms with Gasteiger partial charge in [-0.05, 0) is 81.0 Å². The zero-order chi connectivity index (χ0) is 22.9. The molecule has 2 aliphatic heterocycles. The van der Waals surface area contributed by atoms with E-state index in [4.69, 9.17) is 21.1 Å². The van der Waals surface area contributed by atoms with Gasteiger partial charge in [0.1, 0.15) is 5.60 Å². The van der Waals surface area contributed by atoms with Gasteiger partial charge in [-0.15, -0.1) is 0 Å². The lowest BCUT2D eigenvalue weighted by atomic mass is 9.90. The molecular weight excluding hydrogens is 426 g/mol. The average Bonchev–Trinajstić information content (AvgIpc) is 3.22. The molecule has 0 N–H and O–H groups in total. The highest BCUT2D eigenvalue weighted by Crippen LogP contribution is 2.39. The molecule has 1 aromatic heterocycles. The number of pyridine rings is 1. The highest BCUT2D eigenvalue weighted by atomic mass is 35.5. The monoisotopic (exact) mass is 457 g/mol. The van der Waals surface area contributed by atoms with Crippen molar-refractivity contribution in [2.24, 2.45) is 0 Å². The number of amides is 1. The Kier molecular flexibility index (Phi) is 6.63. The number of methoxy groups -OCH3 is 1. The Balaban J connectivity index is 1.64. The molecule has 7 heteroatoms. The standard InChI is InChI=1S/C25H32ClN3O3/c1-25(2,3)32-24(30)29-10-5-6-23(29)21-13-18(26)12-17-8-11-28(15-22(17)21)20-7-9-27-19(14-20)16-31-4/h7,9,12-14,23H,5-6,8,10-11,15-16H2,1-4H3/t23-/m0/s1. The van der Waals surface area contributed by atoms with Crippen LogP contribution in [0.3, 0.4) is 0 Å². The van der Waals surface area contributed by atoms with E-state index in [0.717, 1.165) is 54.3 Å². The van der Waals surface area contributed by atoms with E-state index >= 15 is 0 Å². The summed E-state index contributed by atoms with van der Waals surface area (Å²) in [4.78, 5) is 21.6. The third-order valence-corrected chi connectivity index (χ3v) is 6.26. The van der Waals surface area contributed by atoms with Crippen LogP contribution < -0.4 is 4.90 Å². The van der Waals surface area contributed by atoms with Gasteiger partial charge in [0.25, 0.3) is 0 Å². The quantitative estimate of drug-likeness (QED) is 0.605. The second-order valence-corrected chi connectivity index (χ2v) is 10.0. The van der Waals surface area contributed by atoms with Crippen LogP contribution in [0, 0.1) is 0 Å². The summed E-state index contributed by atoms with van der Waals surface area (Å²) in [5.41, 5.74) is 5.22. The molecule has 6 nitrogen and oxygen atoms in total. The van der Waals surface area contributed by atoms with E-state index in [1.807, 2.05) is 44.0 Å². The Bertz CT molecular complexity index is 989. The first-order valence-electron chi connectivity index (χ1n) is 11.2. The zero-order valence-corrected chi connectivity index (χ0v) is 20.1. The van der Waals surface area contributed by atoms with Gasteiger partial charge in [-0.1, -0.05) is 11.6 Å². The van der Waals surface area contributed by atoms with Crippen molar-refractivity contribution in [1.29, 1.82) is 0 Å². The molecular formula is C25H32ClN3O3. The van der Waals surface area contributed by atoms with Crippen molar-refractivity contribution in [2.75, 3.05) is 25.1 Å². The summed E-state index contributed by atoms with van der Waals surface area (Å²) < 4.78 is 10.9. The van der Waals surface area contributed by atoms with Gasteiger partial charge in [0.15, 0.2) is 0 Å². The number of carbonyl (C=O) groups is 1. The molecule has 4 rings (SSSR count). The highest BCUT2D eigenvalue weighted by Gasteiger charge is 2.35. The van der Waals surface area contributed by atoms with Crippen molar-refractivity contribution in [3.63, 3.8) is 0 Å². The first kappa shape index (κ1) is 22.9. The Morgan fingerprint density at radius 2 is 2.06 bits per heavy atom. The van der Waals surface area contributed by atoms with E-state index in [9.17, 15) is 4.79 Å². The minimum Gasteiger partial charge on any atom is -0.444 e. The Morgan fingerprint density at radius 3 is 2.81 bits per heavy atom. The van der Waals surface area contributed by atoms with Crippen molar-refractivity contribution in [3.05, 3.63) is 57.9 Å². The summed E-state index contributed by atoms with van der Waals surface area (Å²) in [6.45, 7) is 8.59. The largest absolute Gasteiger partial charge is 0.444 e. The van der Waals surface area contributed by atoms with Gasteiger partial charge in [-0.2, -0.15) is 0 Å². The van der Waals surface area contributed by atoms with Gasteiger partial charge >= 0.3 is 6.09 Å². The number of benzene rings is 1. The number of aromatic nitrogens is 1. The van der Waals surface area contributed by atoms with Gasteiger partial charge in [0.2, 0.25) is 0 Å². The van der Waals surface area contributed by atoms with Gasteiger partial charge in [-0.25, -0.2) is 4.79 Å². The Hall–Kier alpha value is -2.31. The maximum atomic E-state index is 12.9. The summed E-state index contributed by atoms with van der Waals surface area (Å²) >= 11 is 6.53. The molecule has 0 radical (unpaired) electrons. The van der Waals surface area contributed by atoms with Gasteiger partial charge in [0.05, 0.1) is 18.3 Å². The highest BCUT2D eigenvalue weighted by molar-refractivity contribution is 6.30. The number of hydrogen-bond acceptors (Lipinski definition) is 5. The second-order valence-electron chi connectivity index (χ2n) is 9.57. The maximum Gasteiger partial charge on any atom is 0.410 e. The molecule has 0 aliphatic carbocycles. The van der Waals surface area contributed by atoms with E-state index < -0.39 is 5.60 Å². The van der Waals surface area contributed by atoms with Gasteiger partial charge in [-0.3, -0.25) is 4.98 Å². The molecule has 1 atom stereocenters. The first-order chi connectivity index (χ1) is 15.2. The van der Waals surface area contributed by atoms with Crippen LogP contribution in [0.15, 0.2) is 30.5 Å². The lowest BCUT2D eigenvalue weighted by Crippen LogP contribution is -2.37. The smallest absolute Gasteiger partial charge is 0.410 e. The number of carbonyl (C=O) groups excluding carboxylic acids is 1. The van der Waals surface area contributed by atoms with Crippen LogP contribution in [0.25, 0.3) is 0 Å². The number of halogens is 1. The van der Waals surface area contributed by atoms with Gasteiger partial charge < -0.3 is 19.3 Å². The number of nitrogens with zero attached hydrogens (tertiary/aromatic N) is 3. The van der Waals surface area contributed by atoms with Crippen LogP contribution >= 0.6 is 11.6 Å². The van der Waals surface area contributed by atoms with Crippen molar-refractivity contribution in [2.45, 2.75) is 64.8 Å². The number of ether oxygens (including phenoxy) is 2. The molecule has 1 amide bonds. The predicted octanol–water partition coefficient (Wildman–Crippen LogP) is 5.52. The third-order valence-electron chi connectivity index (χ3n) is 6.04. The lowest BCUT2D eigenvalue weighted by molar-refractivity contribution is 0.0224. The Labute approximate surface area is 195 Å². The second kappa shape index (κ2) is 9.28. The predicted molar refractivity (Wildman–Crippen MR) is 126 cm³/mol. The zero-order valence-electron chi connectivity index (χ0n) is 19.4. The average molecular weight is 458 g/mol. The van der Waals surface area contributed by atoms with Crippen LogP contribution in [0.2, 0.25) is 5.02 Å². The SMILES string of the molecule is COCc1cc(N2CCc3cc(Cl)cc([C@@H]4CCCN4C(=O)OC(C)(C)C)c3C2)ccn1. The van der Waals surface area contributed by atoms with E-state index in [-0.39, 0.29) is 12.1 Å². The fraction of sp³-hybridized carbons (Fsp3) is 0.520. The van der Waals surface area contributed by atoms with Crippen LogP contribution in [-0.4, -0.2) is 41.8 Å². The third kappa shape index (κ3) is 5.02. The first-order valence-corrected chi connectivity index (χ1v) is 11.6. The normalized spacial score (nSPS) is 18.6. The number of hydrogen-bond donors (Lipinski definition) is 0. The number of fused-ring (bicyclic) bond motifs is 1. The number of likely N-dealkylation sites (tertiary alicyclic amines) is 1. The summed E-state index contributed by atoms with van der Waals surface area (Å²) in [5, 5.41) is 0.731. The fourth-order valence-corrected chi connectivity index (χ4v) is 4.94. The molecule has 172 valence electrons. The lowest BCUT2D eigenvalue weighted by Gasteiger charge is -2.35. The molecule has 1 aromatic carbocycles. The van der Waals surface area contributed by atoms with Crippen molar-refractivity contribution in [3.8, 4) is 0 Å². The van der Waals surface area contributed by atoms with E-state index in [1.165, 1.54) is 11.1 Å². The summed E-state index contributed by atoms with van der Waals surface area (Å²) in [6.07, 6.45) is 4.37. The van der Waals surface area contributed by atoms with E-state index in [0.29, 0.717) is 13.2 Å². The van der Waals surface area contributed by atoms with Crippen molar-refractivity contribution >= 4 is 23.4 Å². The number of rotatable bonds is 4. The topological polar surface area (TPSA) is 54.9 Å². The van der Waals surface area contributed by atoms with E-state index in [2.05, 4.69) is 22.0 Å². The molecule has 32 heavy (non-hydrogen) atoms. The molecule has 2 aliphatic rings. The molecule has 3 heterocycles. The number of anilines is 1. The summed E-state index contributed by atoms with van der Waals surface area (Å²) in [5.74, 6) is 0.